The largest absolute Gasteiger partial charge is 0.364 e. The summed E-state index contributed by atoms with van der Waals surface area (Å²) in [4.78, 5) is 0.161. The molecule has 4 nitrogen and oxygen atoms in total. The molecule has 1 atom stereocenters. The van der Waals surface area contributed by atoms with E-state index in [2.05, 4.69) is 0 Å². The first-order valence-corrected chi connectivity index (χ1v) is 9.76. The van der Waals surface area contributed by atoms with Gasteiger partial charge in [-0.3, -0.25) is 0 Å². The van der Waals surface area contributed by atoms with Gasteiger partial charge in [-0.1, -0.05) is 18.2 Å². The van der Waals surface area contributed by atoms with Crippen molar-refractivity contribution in [3.8, 4) is 0 Å². The monoisotopic (exact) mass is 380 g/mol. The number of hydrogen-bond acceptors (Lipinski definition) is 4. The molecule has 1 unspecified atom stereocenters. The van der Waals surface area contributed by atoms with Gasteiger partial charge in [-0.25, -0.2) is 17.2 Å². The summed E-state index contributed by atoms with van der Waals surface area (Å²) in [5.74, 6) is -2.01. The quantitative estimate of drug-likeness (QED) is 0.886. The van der Waals surface area contributed by atoms with E-state index in [4.69, 9.17) is 4.74 Å². The first kappa shape index (κ1) is 18.7. The van der Waals surface area contributed by atoms with Crippen LogP contribution in [0.3, 0.4) is 0 Å². The molecule has 0 aromatic heterocycles. The number of sulfone groups is 1. The van der Waals surface area contributed by atoms with Gasteiger partial charge in [0.25, 0.3) is 0 Å². The first-order valence-electron chi connectivity index (χ1n) is 7.87. The molecule has 0 fully saturated rings. The zero-order valence-corrected chi connectivity index (χ0v) is 15.3. The lowest BCUT2D eigenvalue weighted by atomic mass is 9.87. The van der Waals surface area contributed by atoms with Crippen LogP contribution in [0.25, 0.3) is 11.1 Å². The van der Waals surface area contributed by atoms with Crippen molar-refractivity contribution in [1.29, 1.82) is 0 Å². The van der Waals surface area contributed by atoms with Crippen LogP contribution in [0.2, 0.25) is 0 Å². The van der Waals surface area contributed by atoms with Crippen LogP contribution in [0.5, 0.6) is 0 Å². The van der Waals surface area contributed by atoms with Crippen molar-refractivity contribution in [2.45, 2.75) is 30.6 Å². The van der Waals surface area contributed by atoms with Gasteiger partial charge in [0.15, 0.2) is 27.8 Å². The second-order valence-electron chi connectivity index (χ2n) is 6.69. The third-order valence-corrected chi connectivity index (χ3v) is 5.45. The Morgan fingerprint density at radius 3 is 2.12 bits per heavy atom. The van der Waals surface area contributed by atoms with E-state index in [0.29, 0.717) is 22.3 Å². The number of benzene rings is 2. The highest BCUT2D eigenvalue weighted by molar-refractivity contribution is 7.90. The molecule has 1 aliphatic heterocycles. The molecular weight excluding hydrogens is 362 g/mol. The highest BCUT2D eigenvalue weighted by atomic mass is 32.2. The van der Waals surface area contributed by atoms with Crippen LogP contribution in [-0.4, -0.2) is 31.7 Å². The molecule has 0 saturated carbocycles. The Morgan fingerprint density at radius 1 is 1.00 bits per heavy atom. The maximum Gasteiger partial charge on any atom is 0.183 e. The molecule has 0 bridgehead atoms. The fourth-order valence-electron chi connectivity index (χ4n) is 3.17. The first-order chi connectivity index (χ1) is 12.0. The zero-order chi connectivity index (χ0) is 19.3. The minimum Gasteiger partial charge on any atom is -0.364 e. The maximum absolute atomic E-state index is 13.7. The minimum absolute atomic E-state index is 0.161. The van der Waals surface area contributed by atoms with E-state index in [1.807, 2.05) is 0 Å². The van der Waals surface area contributed by atoms with E-state index in [-0.39, 0.29) is 4.90 Å². The molecule has 138 valence electrons. The summed E-state index contributed by atoms with van der Waals surface area (Å²) < 4.78 is 55.8. The van der Waals surface area contributed by atoms with Crippen molar-refractivity contribution in [1.82, 2.24) is 0 Å². The van der Waals surface area contributed by atoms with E-state index in [1.54, 1.807) is 26.0 Å². The summed E-state index contributed by atoms with van der Waals surface area (Å²) >= 11 is 0. The van der Waals surface area contributed by atoms with Gasteiger partial charge in [-0.05, 0) is 54.8 Å². The third kappa shape index (κ3) is 3.30. The van der Waals surface area contributed by atoms with E-state index >= 15 is 0 Å². The summed E-state index contributed by atoms with van der Waals surface area (Å²) in [5.41, 5.74) is 0.909. The molecule has 2 aromatic carbocycles. The number of hydrogen-bond donors (Lipinski definition) is 1. The molecule has 0 radical (unpaired) electrons. The number of ether oxygens (including phenoxy) is 1. The van der Waals surface area contributed by atoms with Gasteiger partial charge < -0.3 is 9.84 Å². The average molecular weight is 380 g/mol. The van der Waals surface area contributed by atoms with Gasteiger partial charge in [0, 0.05) is 11.8 Å². The van der Waals surface area contributed by atoms with Crippen LogP contribution in [0.15, 0.2) is 47.4 Å². The smallest absolute Gasteiger partial charge is 0.183 e. The molecule has 1 N–H and O–H groups in total. The maximum atomic E-state index is 13.7. The van der Waals surface area contributed by atoms with Crippen molar-refractivity contribution in [3.05, 3.63) is 65.2 Å². The highest BCUT2D eigenvalue weighted by Crippen LogP contribution is 2.45. The molecule has 0 amide bonds. The third-order valence-electron chi connectivity index (χ3n) is 4.33. The van der Waals surface area contributed by atoms with Gasteiger partial charge in [-0.2, -0.15) is 0 Å². The Kier molecular flexibility index (Phi) is 4.50. The molecule has 1 aliphatic rings. The van der Waals surface area contributed by atoms with Gasteiger partial charge in [0.05, 0.1) is 10.5 Å². The molecule has 0 saturated heterocycles. The van der Waals surface area contributed by atoms with Crippen molar-refractivity contribution in [3.63, 3.8) is 0 Å². The van der Waals surface area contributed by atoms with Crippen LogP contribution in [-0.2, 0) is 14.6 Å². The van der Waals surface area contributed by atoms with E-state index < -0.39 is 33.4 Å². The number of rotatable bonds is 3. The second kappa shape index (κ2) is 6.26. The minimum atomic E-state index is -3.35. The lowest BCUT2D eigenvalue weighted by molar-refractivity contribution is -0.101. The Labute approximate surface area is 150 Å². The van der Waals surface area contributed by atoms with Gasteiger partial charge in [0.2, 0.25) is 0 Å². The van der Waals surface area contributed by atoms with Crippen LogP contribution in [0.4, 0.5) is 8.78 Å². The molecule has 0 aliphatic carbocycles. The normalized spacial score (nSPS) is 19.8. The van der Waals surface area contributed by atoms with Crippen LogP contribution in [0, 0.1) is 11.6 Å². The van der Waals surface area contributed by atoms with E-state index in [0.717, 1.165) is 18.4 Å². The molecule has 7 heteroatoms. The number of aliphatic hydroxyl groups is 1. The van der Waals surface area contributed by atoms with Crippen molar-refractivity contribution in [2.24, 2.45) is 0 Å². The fourth-order valence-corrected chi connectivity index (χ4v) is 3.80. The SMILES string of the molecule is CC1(C)OC(O)C(c2ccc(F)c(F)c2)=C1c1ccc(S(C)(=O)=O)cc1. The zero-order valence-electron chi connectivity index (χ0n) is 14.5. The van der Waals surface area contributed by atoms with Crippen LogP contribution >= 0.6 is 0 Å². The predicted octanol–water partition coefficient (Wildman–Crippen LogP) is 3.41. The Balaban J connectivity index is 2.21. The summed E-state index contributed by atoms with van der Waals surface area (Å²) in [6.45, 7) is 3.48. The van der Waals surface area contributed by atoms with E-state index in [1.165, 1.54) is 18.2 Å². The summed E-state index contributed by atoms with van der Waals surface area (Å²) in [5, 5.41) is 10.4. The lowest BCUT2D eigenvalue weighted by Crippen LogP contribution is -2.24. The van der Waals surface area contributed by atoms with Crippen LogP contribution < -0.4 is 0 Å². The number of halogens is 2. The predicted molar refractivity (Wildman–Crippen MR) is 93.9 cm³/mol. The Morgan fingerprint density at radius 2 is 1.58 bits per heavy atom. The molecular formula is C19H18F2O4S. The second-order valence-corrected chi connectivity index (χ2v) is 8.71. The summed E-state index contributed by atoms with van der Waals surface area (Å²) in [7, 11) is -3.35. The van der Waals surface area contributed by atoms with Gasteiger partial charge in [-0.15, -0.1) is 0 Å². The van der Waals surface area contributed by atoms with E-state index in [9.17, 15) is 22.3 Å². The Bertz CT molecular complexity index is 993. The summed E-state index contributed by atoms with van der Waals surface area (Å²) in [6, 6.07) is 9.49. The number of aliphatic hydroxyl groups excluding tert-OH is 1. The molecule has 2 aromatic rings. The molecule has 0 spiro atoms. The van der Waals surface area contributed by atoms with Crippen molar-refractivity contribution >= 4 is 21.0 Å². The van der Waals surface area contributed by atoms with Crippen molar-refractivity contribution < 1.29 is 27.0 Å². The van der Waals surface area contributed by atoms with Gasteiger partial charge >= 0.3 is 0 Å². The topological polar surface area (TPSA) is 63.6 Å². The summed E-state index contributed by atoms with van der Waals surface area (Å²) in [6.07, 6.45) is -0.208. The molecule has 3 rings (SSSR count). The fraction of sp³-hybridized carbons (Fsp3) is 0.263. The van der Waals surface area contributed by atoms with Crippen molar-refractivity contribution in [2.75, 3.05) is 6.26 Å². The average Bonchev–Trinajstić information content (AvgIpc) is 2.78. The standard InChI is InChI=1S/C19H18F2O4S/c1-19(2)17(11-4-7-13(8-5-11)26(3,23)24)16(18(22)25-19)12-6-9-14(20)15(21)10-12/h4-10,18,22H,1-3H3. The highest BCUT2D eigenvalue weighted by Gasteiger charge is 2.41. The Hall–Kier alpha value is -2.09. The lowest BCUT2D eigenvalue weighted by Gasteiger charge is -2.22. The molecule has 1 heterocycles. The van der Waals surface area contributed by atoms with Gasteiger partial charge in [0.1, 0.15) is 0 Å². The van der Waals surface area contributed by atoms with Crippen LogP contribution in [0.1, 0.15) is 25.0 Å². The molecule has 26 heavy (non-hydrogen) atoms.